The van der Waals surface area contributed by atoms with Crippen LogP contribution < -0.4 is 5.32 Å². The minimum absolute atomic E-state index is 0.564. The van der Waals surface area contributed by atoms with Crippen molar-refractivity contribution in [1.29, 1.82) is 5.26 Å². The molecule has 1 aliphatic heterocycles. The van der Waals surface area contributed by atoms with Crippen molar-refractivity contribution in [3.05, 3.63) is 23.0 Å². The number of likely N-dealkylation sites (N-methyl/N-ethyl adjacent to an activating group) is 1. The van der Waals surface area contributed by atoms with E-state index < -0.39 is 0 Å². The SMILES string of the molecule is Cc1cc(NCC2CCCCN2C)c(C#N)c(C)n1. The van der Waals surface area contributed by atoms with Gasteiger partial charge in [-0.2, -0.15) is 5.26 Å². The molecule has 1 aliphatic rings. The van der Waals surface area contributed by atoms with Gasteiger partial charge in [0.25, 0.3) is 0 Å². The second-order valence-corrected chi connectivity index (χ2v) is 5.39. The van der Waals surface area contributed by atoms with E-state index in [9.17, 15) is 5.26 Å². The van der Waals surface area contributed by atoms with Gasteiger partial charge < -0.3 is 10.2 Å². The van der Waals surface area contributed by atoms with Crippen LogP contribution >= 0.6 is 0 Å². The lowest BCUT2D eigenvalue weighted by molar-refractivity contribution is 0.194. The first-order chi connectivity index (χ1) is 9.11. The summed E-state index contributed by atoms with van der Waals surface area (Å²) in [4.78, 5) is 6.75. The zero-order valence-corrected chi connectivity index (χ0v) is 12.0. The van der Waals surface area contributed by atoms with Gasteiger partial charge in [0.15, 0.2) is 0 Å². The van der Waals surface area contributed by atoms with Gasteiger partial charge in [-0.25, -0.2) is 0 Å². The van der Waals surface area contributed by atoms with Crippen LogP contribution in [-0.4, -0.2) is 36.1 Å². The maximum atomic E-state index is 9.24. The number of pyridine rings is 1. The molecular weight excluding hydrogens is 236 g/mol. The van der Waals surface area contributed by atoms with Crippen molar-refractivity contribution in [2.75, 3.05) is 25.5 Å². The number of anilines is 1. The second-order valence-electron chi connectivity index (χ2n) is 5.39. The summed E-state index contributed by atoms with van der Waals surface area (Å²) in [5.41, 5.74) is 3.36. The molecule has 1 aromatic heterocycles. The smallest absolute Gasteiger partial charge is 0.103 e. The summed E-state index contributed by atoms with van der Waals surface area (Å²) < 4.78 is 0. The third-order valence-corrected chi connectivity index (χ3v) is 3.89. The third kappa shape index (κ3) is 3.24. The summed E-state index contributed by atoms with van der Waals surface area (Å²) >= 11 is 0. The summed E-state index contributed by atoms with van der Waals surface area (Å²) in [5, 5.41) is 12.7. The predicted molar refractivity (Wildman–Crippen MR) is 77.2 cm³/mol. The van der Waals surface area contributed by atoms with E-state index in [4.69, 9.17) is 0 Å². The molecule has 1 aromatic rings. The number of piperidine rings is 1. The van der Waals surface area contributed by atoms with Crippen molar-refractivity contribution in [2.24, 2.45) is 0 Å². The van der Waals surface area contributed by atoms with Crippen LogP contribution in [0.3, 0.4) is 0 Å². The average Bonchev–Trinajstić information content (AvgIpc) is 2.37. The first-order valence-corrected chi connectivity index (χ1v) is 6.94. The number of nitriles is 1. The predicted octanol–water partition coefficient (Wildman–Crippen LogP) is 2.47. The molecule has 0 radical (unpaired) electrons. The lowest BCUT2D eigenvalue weighted by atomic mass is 10.0. The van der Waals surface area contributed by atoms with Crippen molar-refractivity contribution in [1.82, 2.24) is 9.88 Å². The molecule has 1 fully saturated rings. The van der Waals surface area contributed by atoms with Gasteiger partial charge in [0.05, 0.1) is 16.9 Å². The van der Waals surface area contributed by atoms with E-state index >= 15 is 0 Å². The van der Waals surface area contributed by atoms with Crippen molar-refractivity contribution >= 4 is 5.69 Å². The summed E-state index contributed by atoms with van der Waals surface area (Å²) in [5.74, 6) is 0. The molecule has 0 aliphatic carbocycles. The molecule has 2 heterocycles. The monoisotopic (exact) mass is 258 g/mol. The zero-order valence-electron chi connectivity index (χ0n) is 12.0. The highest BCUT2D eigenvalue weighted by Gasteiger charge is 2.19. The number of aromatic nitrogens is 1. The summed E-state index contributed by atoms with van der Waals surface area (Å²) in [7, 11) is 2.18. The fourth-order valence-electron chi connectivity index (χ4n) is 2.74. The van der Waals surface area contributed by atoms with E-state index in [0.29, 0.717) is 11.6 Å². The van der Waals surface area contributed by atoms with E-state index in [1.165, 1.54) is 25.8 Å². The van der Waals surface area contributed by atoms with Crippen molar-refractivity contribution in [3.63, 3.8) is 0 Å². The van der Waals surface area contributed by atoms with E-state index in [1.54, 1.807) is 0 Å². The van der Waals surface area contributed by atoms with Crippen LogP contribution in [0.15, 0.2) is 6.07 Å². The molecule has 1 unspecified atom stereocenters. The van der Waals surface area contributed by atoms with Crippen LogP contribution in [0.4, 0.5) is 5.69 Å². The highest BCUT2D eigenvalue weighted by molar-refractivity contribution is 5.59. The molecule has 1 saturated heterocycles. The third-order valence-electron chi connectivity index (χ3n) is 3.89. The minimum atomic E-state index is 0.564. The van der Waals surface area contributed by atoms with Gasteiger partial charge in [0, 0.05) is 18.3 Å². The summed E-state index contributed by atoms with van der Waals surface area (Å²) in [6.45, 7) is 5.93. The number of likely N-dealkylation sites (tertiary alicyclic amines) is 1. The molecular formula is C15H22N4. The Morgan fingerprint density at radius 2 is 2.26 bits per heavy atom. The Hall–Kier alpha value is -1.60. The Labute approximate surface area is 115 Å². The molecule has 0 bridgehead atoms. The first-order valence-electron chi connectivity index (χ1n) is 6.94. The Balaban J connectivity index is 2.09. The van der Waals surface area contributed by atoms with E-state index in [1.807, 2.05) is 19.9 Å². The van der Waals surface area contributed by atoms with Crippen molar-refractivity contribution in [2.45, 2.75) is 39.2 Å². The van der Waals surface area contributed by atoms with Gasteiger partial charge in [-0.3, -0.25) is 4.98 Å². The molecule has 0 spiro atoms. The standard InChI is InChI=1S/C15H22N4/c1-11-8-15(14(9-16)12(2)18-11)17-10-13-6-4-5-7-19(13)3/h8,13H,4-7,10H2,1-3H3,(H,17,18). The van der Waals surface area contributed by atoms with E-state index in [-0.39, 0.29) is 0 Å². The van der Waals surface area contributed by atoms with Crippen LogP contribution in [0.25, 0.3) is 0 Å². The Kier molecular flexibility index (Phi) is 4.39. The van der Waals surface area contributed by atoms with Gasteiger partial charge >= 0.3 is 0 Å². The van der Waals surface area contributed by atoms with Gasteiger partial charge in [-0.1, -0.05) is 6.42 Å². The number of hydrogen-bond acceptors (Lipinski definition) is 4. The maximum Gasteiger partial charge on any atom is 0.103 e. The minimum Gasteiger partial charge on any atom is -0.382 e. The Morgan fingerprint density at radius 1 is 1.47 bits per heavy atom. The van der Waals surface area contributed by atoms with Crippen LogP contribution in [0, 0.1) is 25.2 Å². The Bertz CT molecular complexity index is 490. The van der Waals surface area contributed by atoms with Crippen LogP contribution in [0.2, 0.25) is 0 Å². The molecule has 0 aromatic carbocycles. The fourth-order valence-corrected chi connectivity index (χ4v) is 2.74. The molecule has 2 rings (SSSR count). The molecule has 0 saturated carbocycles. The lowest BCUT2D eigenvalue weighted by Gasteiger charge is -2.32. The molecule has 19 heavy (non-hydrogen) atoms. The molecule has 1 atom stereocenters. The highest BCUT2D eigenvalue weighted by Crippen LogP contribution is 2.20. The normalized spacial score (nSPS) is 20.0. The van der Waals surface area contributed by atoms with Gasteiger partial charge in [0.1, 0.15) is 6.07 Å². The van der Waals surface area contributed by atoms with Crippen LogP contribution in [-0.2, 0) is 0 Å². The number of rotatable bonds is 3. The second kappa shape index (κ2) is 6.03. The highest BCUT2D eigenvalue weighted by atomic mass is 15.2. The maximum absolute atomic E-state index is 9.24. The summed E-state index contributed by atoms with van der Waals surface area (Å²) in [6, 6.07) is 4.78. The lowest BCUT2D eigenvalue weighted by Crippen LogP contribution is -2.40. The zero-order chi connectivity index (χ0) is 13.8. The average molecular weight is 258 g/mol. The van der Waals surface area contributed by atoms with E-state index in [2.05, 4.69) is 28.3 Å². The van der Waals surface area contributed by atoms with Crippen molar-refractivity contribution in [3.8, 4) is 6.07 Å². The number of nitrogens with zero attached hydrogens (tertiary/aromatic N) is 3. The molecule has 1 N–H and O–H groups in total. The summed E-state index contributed by atoms with van der Waals surface area (Å²) in [6.07, 6.45) is 3.83. The fraction of sp³-hybridized carbons (Fsp3) is 0.600. The van der Waals surface area contributed by atoms with Crippen LogP contribution in [0.1, 0.15) is 36.2 Å². The molecule has 102 valence electrons. The van der Waals surface area contributed by atoms with Crippen LogP contribution in [0.5, 0.6) is 0 Å². The number of nitrogens with one attached hydrogen (secondary N) is 1. The van der Waals surface area contributed by atoms with Crippen molar-refractivity contribution < 1.29 is 0 Å². The van der Waals surface area contributed by atoms with Gasteiger partial charge in [-0.15, -0.1) is 0 Å². The largest absolute Gasteiger partial charge is 0.382 e. The molecule has 4 heteroatoms. The topological polar surface area (TPSA) is 52.0 Å². The quantitative estimate of drug-likeness (QED) is 0.905. The molecule has 4 nitrogen and oxygen atoms in total. The Morgan fingerprint density at radius 3 is 2.95 bits per heavy atom. The number of hydrogen-bond donors (Lipinski definition) is 1. The molecule has 0 amide bonds. The van der Waals surface area contributed by atoms with Gasteiger partial charge in [0.2, 0.25) is 0 Å². The van der Waals surface area contributed by atoms with E-state index in [0.717, 1.165) is 23.6 Å². The number of aryl methyl sites for hydroxylation is 2. The first kappa shape index (κ1) is 13.8. The van der Waals surface area contributed by atoms with Gasteiger partial charge in [-0.05, 0) is 46.3 Å².